The molecule has 1 heterocycles. The first kappa shape index (κ1) is 28.3. The number of alkyl halides is 3. The van der Waals surface area contributed by atoms with Crippen molar-refractivity contribution in [2.24, 2.45) is 0 Å². The van der Waals surface area contributed by atoms with E-state index in [2.05, 4.69) is 15.7 Å². The quantitative estimate of drug-likeness (QED) is 0.344. The van der Waals surface area contributed by atoms with Gasteiger partial charge in [0.1, 0.15) is 12.4 Å². The van der Waals surface area contributed by atoms with Crippen LogP contribution < -0.4 is 10.6 Å². The Morgan fingerprint density at radius 1 is 0.973 bits per heavy atom. The number of carbonyl (C=O) groups is 2. The molecule has 0 unspecified atom stereocenters. The lowest BCUT2D eigenvalue weighted by molar-refractivity contribution is -0.137. The van der Waals surface area contributed by atoms with Crippen molar-refractivity contribution in [3.05, 3.63) is 69.8 Å². The molecule has 37 heavy (non-hydrogen) atoms. The minimum absolute atomic E-state index is 0.171. The van der Waals surface area contributed by atoms with E-state index in [4.69, 9.17) is 23.2 Å². The lowest BCUT2D eigenvalue weighted by atomic mass is 9.92. The molecule has 2 N–H and O–H groups in total. The van der Waals surface area contributed by atoms with Crippen molar-refractivity contribution in [1.29, 1.82) is 0 Å². The smallest absolute Gasteiger partial charge is 0.315 e. The molecule has 3 aromatic rings. The average molecular weight is 556 g/mol. The summed E-state index contributed by atoms with van der Waals surface area (Å²) in [6.07, 6.45) is -4.48. The molecule has 0 radical (unpaired) electrons. The van der Waals surface area contributed by atoms with Crippen LogP contribution in [0.5, 0.6) is 0 Å². The van der Waals surface area contributed by atoms with Crippen LogP contribution in [0.15, 0.2) is 48.5 Å². The summed E-state index contributed by atoms with van der Waals surface area (Å²) in [6, 6.07) is 10.1. The highest BCUT2D eigenvalue weighted by Crippen LogP contribution is 2.31. The van der Waals surface area contributed by atoms with Crippen LogP contribution in [-0.4, -0.2) is 39.7 Å². The fourth-order valence-electron chi connectivity index (χ4n) is 3.28. The Balaban J connectivity index is 1.76. The zero-order valence-electron chi connectivity index (χ0n) is 20.6. The van der Waals surface area contributed by atoms with Gasteiger partial charge < -0.3 is 15.5 Å². The third-order valence-corrected chi connectivity index (χ3v) is 6.10. The van der Waals surface area contributed by atoms with E-state index in [-0.39, 0.29) is 24.2 Å². The summed E-state index contributed by atoms with van der Waals surface area (Å²) in [5.41, 5.74) is 0.307. The van der Waals surface area contributed by atoms with Crippen LogP contribution in [0.2, 0.25) is 10.0 Å². The number of halogens is 5. The van der Waals surface area contributed by atoms with Gasteiger partial charge in [-0.1, -0.05) is 44.0 Å². The predicted octanol–water partition coefficient (Wildman–Crippen LogP) is 6.99. The molecule has 0 saturated carbocycles. The van der Waals surface area contributed by atoms with Gasteiger partial charge in [-0.25, -0.2) is 9.48 Å². The third-order valence-electron chi connectivity index (χ3n) is 5.36. The maximum atomic E-state index is 12.9. The van der Waals surface area contributed by atoms with Crippen LogP contribution >= 0.6 is 23.2 Å². The molecule has 2 aromatic carbocycles. The topological polar surface area (TPSA) is 79.3 Å². The van der Waals surface area contributed by atoms with Crippen LogP contribution in [0, 0.1) is 0 Å². The van der Waals surface area contributed by atoms with E-state index in [9.17, 15) is 22.8 Å². The monoisotopic (exact) mass is 555 g/mol. The number of rotatable bonds is 6. The Bertz CT molecular complexity index is 1280. The predicted molar refractivity (Wildman–Crippen MR) is 139 cm³/mol. The number of likely N-dealkylation sites (N-methyl/N-ethyl adjacent to an activating group) is 1. The van der Waals surface area contributed by atoms with E-state index in [0.29, 0.717) is 27.2 Å². The van der Waals surface area contributed by atoms with Gasteiger partial charge in [0.15, 0.2) is 0 Å². The number of aromatic nitrogens is 2. The number of hydrogen-bond donors (Lipinski definition) is 2. The summed E-state index contributed by atoms with van der Waals surface area (Å²) < 4.78 is 39.8. The molecule has 7 nitrogen and oxygen atoms in total. The maximum absolute atomic E-state index is 12.9. The number of nitrogens with one attached hydrogen (secondary N) is 2. The Morgan fingerprint density at radius 2 is 1.62 bits per heavy atom. The molecular weight excluding hydrogens is 530 g/mol. The second-order valence-corrected chi connectivity index (χ2v) is 10.1. The Labute approximate surface area is 222 Å². The first-order chi connectivity index (χ1) is 17.2. The van der Waals surface area contributed by atoms with Gasteiger partial charge in [0, 0.05) is 23.7 Å². The highest BCUT2D eigenvalue weighted by molar-refractivity contribution is 6.42. The van der Waals surface area contributed by atoms with Crippen molar-refractivity contribution >= 4 is 46.6 Å². The molecule has 0 saturated heterocycles. The van der Waals surface area contributed by atoms with E-state index >= 15 is 0 Å². The maximum Gasteiger partial charge on any atom is 0.416 e. The number of nitrogens with zero attached hydrogens (tertiary/aromatic N) is 3. The van der Waals surface area contributed by atoms with Gasteiger partial charge in [0.05, 0.1) is 27.0 Å². The number of carbonyl (C=O) groups excluding carboxylic acids is 2. The minimum atomic E-state index is -4.48. The molecule has 1 aromatic heterocycles. The molecule has 0 spiro atoms. The van der Waals surface area contributed by atoms with Gasteiger partial charge in [-0.05, 0) is 49.4 Å². The van der Waals surface area contributed by atoms with Crippen molar-refractivity contribution < 1.29 is 22.8 Å². The van der Waals surface area contributed by atoms with Crippen LogP contribution in [-0.2, 0) is 16.4 Å². The molecule has 12 heteroatoms. The summed E-state index contributed by atoms with van der Waals surface area (Å²) in [5, 5.41) is 10.6. The first-order valence-electron chi connectivity index (χ1n) is 11.3. The second kappa shape index (κ2) is 11.0. The average Bonchev–Trinajstić information content (AvgIpc) is 3.23. The van der Waals surface area contributed by atoms with Crippen LogP contribution in [0.1, 0.15) is 39.0 Å². The number of anilines is 2. The molecule has 0 aliphatic rings. The van der Waals surface area contributed by atoms with Gasteiger partial charge in [0.25, 0.3) is 0 Å². The molecule has 0 aliphatic heterocycles. The number of urea groups is 1. The van der Waals surface area contributed by atoms with E-state index in [1.54, 1.807) is 31.2 Å². The van der Waals surface area contributed by atoms with E-state index in [0.717, 1.165) is 24.3 Å². The van der Waals surface area contributed by atoms with Gasteiger partial charge in [-0.15, -0.1) is 0 Å². The standard InChI is InChI=1S/C25H26Cl2F3N5O2/c1-5-34(23(37)31-16-8-6-15(7-9-16)25(28,29)30)14-22(36)32-21-13-20(24(2,3)4)33-35(21)17-10-11-18(26)19(27)12-17/h6-13H,5,14H2,1-4H3,(H,31,37)(H,32,36). The molecular formula is C25H26Cl2F3N5O2. The number of benzene rings is 2. The lowest BCUT2D eigenvalue weighted by Gasteiger charge is -2.21. The van der Waals surface area contributed by atoms with Gasteiger partial charge in [-0.3, -0.25) is 4.79 Å². The Kier molecular flexibility index (Phi) is 8.44. The fourth-order valence-corrected chi connectivity index (χ4v) is 3.57. The summed E-state index contributed by atoms with van der Waals surface area (Å²) in [6.45, 7) is 7.48. The molecule has 3 amide bonds. The summed E-state index contributed by atoms with van der Waals surface area (Å²) >= 11 is 12.2. The van der Waals surface area contributed by atoms with E-state index in [1.807, 2.05) is 20.8 Å². The Morgan fingerprint density at radius 3 is 2.16 bits per heavy atom. The van der Waals surface area contributed by atoms with Crippen LogP contribution in [0.4, 0.5) is 29.5 Å². The summed E-state index contributed by atoms with van der Waals surface area (Å²) in [7, 11) is 0. The van der Waals surface area contributed by atoms with Gasteiger partial charge in [-0.2, -0.15) is 18.3 Å². The molecule has 0 atom stereocenters. The third kappa shape index (κ3) is 7.17. The largest absolute Gasteiger partial charge is 0.416 e. The van der Waals surface area contributed by atoms with Gasteiger partial charge >= 0.3 is 12.2 Å². The fraction of sp³-hybridized carbons (Fsp3) is 0.320. The highest BCUT2D eigenvalue weighted by atomic mass is 35.5. The van der Waals surface area contributed by atoms with Crippen LogP contribution in [0.25, 0.3) is 5.69 Å². The van der Waals surface area contributed by atoms with E-state index < -0.39 is 23.7 Å². The summed E-state index contributed by atoms with van der Waals surface area (Å²) in [4.78, 5) is 26.8. The highest BCUT2D eigenvalue weighted by Gasteiger charge is 2.30. The molecule has 0 bridgehead atoms. The van der Waals surface area contributed by atoms with Crippen molar-refractivity contribution in [3.63, 3.8) is 0 Å². The normalized spacial score (nSPS) is 11.8. The second-order valence-electron chi connectivity index (χ2n) is 9.24. The van der Waals surface area contributed by atoms with E-state index in [1.165, 1.54) is 9.58 Å². The van der Waals surface area contributed by atoms with Crippen LogP contribution in [0.3, 0.4) is 0 Å². The SMILES string of the molecule is CCN(CC(=O)Nc1cc(C(C)(C)C)nn1-c1ccc(Cl)c(Cl)c1)C(=O)Nc1ccc(C(F)(F)F)cc1. The molecule has 0 aliphatic carbocycles. The van der Waals surface area contributed by atoms with Crippen molar-refractivity contribution in [2.45, 2.75) is 39.3 Å². The number of hydrogen-bond acceptors (Lipinski definition) is 3. The zero-order valence-corrected chi connectivity index (χ0v) is 22.1. The van der Waals surface area contributed by atoms with Gasteiger partial charge in [0.2, 0.25) is 5.91 Å². The van der Waals surface area contributed by atoms with Crippen molar-refractivity contribution in [1.82, 2.24) is 14.7 Å². The summed E-state index contributed by atoms with van der Waals surface area (Å²) in [5.74, 6) is -0.126. The Hall–Kier alpha value is -3.24. The lowest BCUT2D eigenvalue weighted by Crippen LogP contribution is -2.40. The first-order valence-corrected chi connectivity index (χ1v) is 12.0. The molecule has 0 fully saturated rings. The number of amides is 3. The molecule has 198 valence electrons. The minimum Gasteiger partial charge on any atom is -0.315 e. The molecule has 3 rings (SSSR count). The zero-order chi connectivity index (χ0) is 27.5. The van der Waals surface area contributed by atoms with Crippen molar-refractivity contribution in [3.8, 4) is 5.69 Å². The van der Waals surface area contributed by atoms with Crippen molar-refractivity contribution in [2.75, 3.05) is 23.7 Å².